The summed E-state index contributed by atoms with van der Waals surface area (Å²) >= 11 is 0. The second-order valence-electron chi connectivity index (χ2n) is 9.22. The number of carbonyl (C=O) groups is 3. The molecule has 2 aromatic rings. The molecule has 2 saturated heterocycles. The van der Waals surface area contributed by atoms with E-state index in [9.17, 15) is 14.4 Å². The van der Waals surface area contributed by atoms with Gasteiger partial charge in [0, 0.05) is 39.1 Å². The summed E-state index contributed by atoms with van der Waals surface area (Å²) in [6.45, 7) is 6.16. The van der Waals surface area contributed by atoms with Gasteiger partial charge in [0.2, 0.25) is 5.91 Å². The highest BCUT2D eigenvalue weighted by Crippen LogP contribution is 2.28. The average molecular weight is 516 g/mol. The molecule has 1 amide bonds. The minimum absolute atomic E-state index is 0.257. The number of anilines is 1. The van der Waals surface area contributed by atoms with Gasteiger partial charge in [0.1, 0.15) is 17.3 Å². The molecule has 0 radical (unpaired) electrons. The Morgan fingerprint density at radius 2 is 1.51 bits per heavy atom. The van der Waals surface area contributed by atoms with Crippen LogP contribution in [0, 0.1) is 0 Å². The molecule has 3 heterocycles. The van der Waals surface area contributed by atoms with Crippen LogP contribution in [0.25, 0.3) is 0 Å². The van der Waals surface area contributed by atoms with Crippen LogP contribution < -0.4 is 9.64 Å². The number of hydrogen-bond donors (Lipinski definition) is 2. The molecule has 1 aromatic carbocycles. The van der Waals surface area contributed by atoms with Crippen molar-refractivity contribution in [3.05, 3.63) is 47.9 Å². The van der Waals surface area contributed by atoms with Gasteiger partial charge in [-0.1, -0.05) is 18.6 Å². The summed E-state index contributed by atoms with van der Waals surface area (Å²) in [6, 6.07) is 12.3. The number of ether oxygens (including phenoxy) is 1. The monoisotopic (exact) mass is 515 g/mol. The third kappa shape index (κ3) is 9.13. The van der Waals surface area contributed by atoms with Gasteiger partial charge in [0.15, 0.2) is 0 Å². The normalized spacial score (nSPS) is 16.5. The first-order chi connectivity index (χ1) is 17.9. The van der Waals surface area contributed by atoms with Gasteiger partial charge in [0.05, 0.1) is 38.7 Å². The summed E-state index contributed by atoms with van der Waals surface area (Å²) in [5, 5.41) is 15.8. The molecule has 0 spiro atoms. The number of likely N-dealkylation sites (tertiary alicyclic amines) is 1. The maximum atomic E-state index is 12.2. The number of carboxylic acids is 2. The quantitative estimate of drug-likeness (QED) is 0.517. The van der Waals surface area contributed by atoms with Crippen molar-refractivity contribution < 1.29 is 33.8 Å². The summed E-state index contributed by atoms with van der Waals surface area (Å²) in [5.74, 6) is 0.906. The number of furan rings is 1. The maximum absolute atomic E-state index is 12.2. The Hall–Kier alpha value is -3.53. The molecule has 202 valence electrons. The van der Waals surface area contributed by atoms with E-state index in [1.54, 1.807) is 7.11 Å². The van der Waals surface area contributed by atoms with E-state index < -0.39 is 11.9 Å². The van der Waals surface area contributed by atoms with Crippen molar-refractivity contribution in [3.63, 3.8) is 0 Å². The number of carbonyl (C=O) groups excluding carboxylic acids is 1. The summed E-state index contributed by atoms with van der Waals surface area (Å²) in [4.78, 5) is 38.2. The van der Waals surface area contributed by atoms with Crippen molar-refractivity contribution in [2.24, 2.45) is 0 Å². The topological polar surface area (TPSA) is 124 Å². The lowest BCUT2D eigenvalue weighted by Crippen LogP contribution is -2.46. The van der Waals surface area contributed by atoms with E-state index in [0.717, 1.165) is 81.5 Å². The number of methoxy groups -OCH3 is 1. The Morgan fingerprint density at radius 3 is 2.16 bits per heavy atom. The predicted molar refractivity (Wildman–Crippen MR) is 138 cm³/mol. The number of nitrogens with zero attached hydrogens (tertiary/aromatic N) is 3. The van der Waals surface area contributed by atoms with E-state index >= 15 is 0 Å². The molecule has 0 bridgehead atoms. The first-order valence-electron chi connectivity index (χ1n) is 12.7. The molecular formula is C27H37N3O7. The van der Waals surface area contributed by atoms with Gasteiger partial charge in [0.25, 0.3) is 0 Å². The first kappa shape index (κ1) is 28.0. The zero-order chi connectivity index (χ0) is 26.6. The second-order valence-corrected chi connectivity index (χ2v) is 9.22. The minimum atomic E-state index is -1.08. The Bertz CT molecular complexity index is 1020. The van der Waals surface area contributed by atoms with E-state index in [2.05, 4.69) is 28.0 Å². The van der Waals surface area contributed by atoms with Crippen LogP contribution >= 0.6 is 0 Å². The average Bonchev–Trinajstić information content (AvgIpc) is 3.23. The van der Waals surface area contributed by atoms with Gasteiger partial charge in [-0.15, -0.1) is 0 Å². The van der Waals surface area contributed by atoms with E-state index in [4.69, 9.17) is 19.4 Å². The predicted octanol–water partition coefficient (Wildman–Crippen LogP) is 3.45. The number of carboxylic acid groups (broad SMARTS) is 2. The van der Waals surface area contributed by atoms with Gasteiger partial charge in [-0.2, -0.15) is 0 Å². The highest BCUT2D eigenvalue weighted by atomic mass is 16.5. The summed E-state index contributed by atoms with van der Waals surface area (Å²) in [7, 11) is 1.72. The molecule has 37 heavy (non-hydrogen) atoms. The van der Waals surface area contributed by atoms with Crippen LogP contribution in [-0.4, -0.2) is 77.7 Å². The zero-order valence-electron chi connectivity index (χ0n) is 21.4. The lowest BCUT2D eigenvalue weighted by atomic mass is 10.2. The van der Waals surface area contributed by atoms with Gasteiger partial charge in [-0.25, -0.2) is 0 Å². The van der Waals surface area contributed by atoms with Gasteiger partial charge in [-0.05, 0) is 37.1 Å². The van der Waals surface area contributed by atoms with E-state index in [1.807, 2.05) is 23.1 Å². The number of benzene rings is 1. The Balaban J connectivity index is 0.000000414. The van der Waals surface area contributed by atoms with Crippen molar-refractivity contribution in [1.29, 1.82) is 0 Å². The van der Waals surface area contributed by atoms with Crippen LogP contribution in [0.15, 0.2) is 40.8 Å². The molecule has 4 rings (SSSR count). The standard InChI is InChI=1S/C23H31N3O3.C4H6O4/c1-28-22-8-5-4-7-21(22)25-15-13-24(14-16-25)17-19-10-11-20(29-19)18-26-12-6-2-3-9-23(26)27;5-3(6)1-2-4(7)8/h4-5,7-8,10-11H,2-3,6,9,12-18H2,1H3;1-2H2,(H,5,6)(H,7,8). The Morgan fingerprint density at radius 1 is 0.865 bits per heavy atom. The molecular weight excluding hydrogens is 478 g/mol. The zero-order valence-corrected chi connectivity index (χ0v) is 21.4. The minimum Gasteiger partial charge on any atom is -0.495 e. The number of hydrogen-bond acceptors (Lipinski definition) is 7. The highest BCUT2D eigenvalue weighted by Gasteiger charge is 2.21. The van der Waals surface area contributed by atoms with Crippen molar-refractivity contribution in [3.8, 4) is 5.75 Å². The molecule has 2 aliphatic rings. The Labute approximate surface area is 217 Å². The molecule has 1 aromatic heterocycles. The van der Waals surface area contributed by atoms with Crippen molar-refractivity contribution in [2.45, 2.75) is 51.6 Å². The number of amides is 1. The molecule has 10 heteroatoms. The SMILES string of the molecule is COc1ccccc1N1CCN(Cc2ccc(CN3CCCCCC3=O)o2)CC1.O=C(O)CCC(=O)O. The molecule has 0 atom stereocenters. The lowest BCUT2D eigenvalue weighted by molar-refractivity contribution is -0.143. The fraction of sp³-hybridized carbons (Fsp3) is 0.519. The van der Waals surface area contributed by atoms with Crippen LogP contribution in [0.5, 0.6) is 5.75 Å². The lowest BCUT2D eigenvalue weighted by Gasteiger charge is -2.36. The van der Waals surface area contributed by atoms with Crippen molar-refractivity contribution in [1.82, 2.24) is 9.80 Å². The van der Waals surface area contributed by atoms with E-state index in [1.165, 1.54) is 0 Å². The first-order valence-corrected chi connectivity index (χ1v) is 12.7. The smallest absolute Gasteiger partial charge is 0.303 e. The van der Waals surface area contributed by atoms with E-state index in [0.29, 0.717) is 13.0 Å². The largest absolute Gasteiger partial charge is 0.495 e. The maximum Gasteiger partial charge on any atom is 0.303 e. The number of aliphatic carboxylic acids is 2. The van der Waals surface area contributed by atoms with E-state index in [-0.39, 0.29) is 18.7 Å². The molecule has 0 aliphatic carbocycles. The summed E-state index contributed by atoms with van der Waals surface area (Å²) in [6.07, 6.45) is 3.33. The molecule has 0 saturated carbocycles. The Kier molecular flexibility index (Phi) is 10.8. The second kappa shape index (κ2) is 14.3. The van der Waals surface area contributed by atoms with Gasteiger partial charge >= 0.3 is 11.9 Å². The van der Waals surface area contributed by atoms with Crippen molar-refractivity contribution in [2.75, 3.05) is 44.7 Å². The molecule has 0 unspecified atom stereocenters. The van der Waals surface area contributed by atoms with Crippen LogP contribution in [0.3, 0.4) is 0 Å². The van der Waals surface area contributed by atoms with Crippen LogP contribution in [0.4, 0.5) is 5.69 Å². The fourth-order valence-electron chi connectivity index (χ4n) is 4.46. The van der Waals surface area contributed by atoms with Crippen LogP contribution in [0.2, 0.25) is 0 Å². The highest BCUT2D eigenvalue weighted by molar-refractivity contribution is 5.76. The molecule has 2 fully saturated rings. The molecule has 2 aliphatic heterocycles. The van der Waals surface area contributed by atoms with Crippen LogP contribution in [-0.2, 0) is 27.5 Å². The number of rotatable bonds is 9. The summed E-state index contributed by atoms with van der Waals surface area (Å²) < 4.78 is 11.6. The number of piperazine rings is 1. The molecule has 10 nitrogen and oxygen atoms in total. The third-order valence-corrected chi connectivity index (χ3v) is 6.47. The fourth-order valence-corrected chi connectivity index (χ4v) is 4.46. The van der Waals surface area contributed by atoms with Gasteiger partial charge in [-0.3, -0.25) is 19.3 Å². The summed E-state index contributed by atoms with van der Waals surface area (Å²) in [5.41, 5.74) is 1.16. The van der Waals surface area contributed by atoms with Gasteiger partial charge < -0.3 is 29.2 Å². The van der Waals surface area contributed by atoms with Crippen LogP contribution in [0.1, 0.15) is 50.0 Å². The van der Waals surface area contributed by atoms with Crippen molar-refractivity contribution >= 4 is 23.5 Å². The third-order valence-electron chi connectivity index (χ3n) is 6.47. The molecule has 2 N–H and O–H groups in total. The number of para-hydroxylation sites is 2.